The van der Waals surface area contributed by atoms with Crippen molar-refractivity contribution in [1.29, 1.82) is 0 Å². The molecule has 0 spiro atoms. The molecular weight excluding hydrogens is 254 g/mol. The van der Waals surface area contributed by atoms with Gasteiger partial charge in [0.2, 0.25) is 0 Å². The van der Waals surface area contributed by atoms with Crippen LogP contribution in [-0.2, 0) is 0 Å². The number of rotatable bonds is 3. The predicted molar refractivity (Wildman–Crippen MR) is 80.7 cm³/mol. The first-order chi connectivity index (χ1) is 9.27. The third kappa shape index (κ3) is 2.11. The van der Waals surface area contributed by atoms with E-state index in [9.17, 15) is 4.79 Å². The molecule has 3 rings (SSSR count). The van der Waals surface area contributed by atoms with Gasteiger partial charge in [0, 0.05) is 22.2 Å². The Balaban J connectivity index is 2.05. The van der Waals surface area contributed by atoms with E-state index in [1.54, 1.807) is 11.3 Å². The topological polar surface area (TPSA) is 43.1 Å². The first kappa shape index (κ1) is 12.8. The summed E-state index contributed by atoms with van der Waals surface area (Å²) >= 11 is 1.65. The highest BCUT2D eigenvalue weighted by molar-refractivity contribution is 7.17. The van der Waals surface area contributed by atoms with E-state index in [2.05, 4.69) is 17.5 Å². The van der Waals surface area contributed by atoms with Crippen molar-refractivity contribution in [3.63, 3.8) is 0 Å². The maximum atomic E-state index is 13.0. The summed E-state index contributed by atoms with van der Waals surface area (Å²) in [5, 5.41) is 3.22. The van der Waals surface area contributed by atoms with Gasteiger partial charge < -0.3 is 5.73 Å². The summed E-state index contributed by atoms with van der Waals surface area (Å²) < 4.78 is 1.12. The van der Waals surface area contributed by atoms with Gasteiger partial charge in [-0.05, 0) is 35.7 Å². The molecule has 100 valence electrons. The Kier molecular flexibility index (Phi) is 3.42. The highest BCUT2D eigenvalue weighted by atomic mass is 32.1. The van der Waals surface area contributed by atoms with Crippen LogP contribution in [0.2, 0.25) is 0 Å². The fourth-order valence-electron chi connectivity index (χ4n) is 3.21. The Labute approximate surface area is 117 Å². The molecule has 1 aliphatic rings. The molecule has 0 amide bonds. The number of carbonyl (C=O) groups is 1. The Morgan fingerprint density at radius 3 is 2.74 bits per heavy atom. The second kappa shape index (κ2) is 5.06. The van der Waals surface area contributed by atoms with Crippen molar-refractivity contribution >= 4 is 27.2 Å². The zero-order valence-corrected chi connectivity index (χ0v) is 11.8. The summed E-state index contributed by atoms with van der Waals surface area (Å²) in [7, 11) is 0. The second-order valence-electron chi connectivity index (χ2n) is 5.52. The fourth-order valence-corrected chi connectivity index (χ4v) is 4.12. The van der Waals surface area contributed by atoms with Crippen LogP contribution in [0.25, 0.3) is 10.1 Å². The minimum Gasteiger partial charge on any atom is -0.329 e. The van der Waals surface area contributed by atoms with Crippen LogP contribution in [0, 0.1) is 5.41 Å². The number of benzene rings is 1. The summed E-state index contributed by atoms with van der Waals surface area (Å²) in [5.41, 5.74) is 6.54. The third-order valence-corrected chi connectivity index (χ3v) is 5.37. The SMILES string of the molecule is NCC1(C(=O)c2cccc3ccsc23)CCCCC1. The monoisotopic (exact) mass is 273 g/mol. The van der Waals surface area contributed by atoms with E-state index in [-0.39, 0.29) is 11.2 Å². The normalized spacial score (nSPS) is 18.6. The number of fused-ring (bicyclic) bond motifs is 1. The van der Waals surface area contributed by atoms with Crippen molar-refractivity contribution in [1.82, 2.24) is 0 Å². The van der Waals surface area contributed by atoms with E-state index in [0.29, 0.717) is 6.54 Å². The highest BCUT2D eigenvalue weighted by Crippen LogP contribution is 2.40. The van der Waals surface area contributed by atoms with Gasteiger partial charge in [-0.2, -0.15) is 0 Å². The van der Waals surface area contributed by atoms with Gasteiger partial charge in [-0.25, -0.2) is 0 Å². The molecule has 1 saturated carbocycles. The number of hydrogen-bond acceptors (Lipinski definition) is 3. The van der Waals surface area contributed by atoms with E-state index >= 15 is 0 Å². The molecule has 1 aliphatic carbocycles. The second-order valence-corrected chi connectivity index (χ2v) is 6.43. The lowest BCUT2D eigenvalue weighted by molar-refractivity contribution is 0.0731. The molecule has 1 heterocycles. The van der Waals surface area contributed by atoms with Crippen molar-refractivity contribution in [2.45, 2.75) is 32.1 Å². The number of thiophene rings is 1. The largest absolute Gasteiger partial charge is 0.329 e. The summed E-state index contributed by atoms with van der Waals surface area (Å²) in [6.45, 7) is 0.480. The predicted octanol–water partition coefficient (Wildman–Crippen LogP) is 3.99. The van der Waals surface area contributed by atoms with Gasteiger partial charge in [0.1, 0.15) is 0 Å². The molecular formula is C16H19NOS. The minimum atomic E-state index is -0.309. The van der Waals surface area contributed by atoms with Crippen molar-refractivity contribution in [3.8, 4) is 0 Å². The molecule has 0 aliphatic heterocycles. The van der Waals surface area contributed by atoms with E-state index < -0.39 is 0 Å². The molecule has 3 heteroatoms. The molecule has 1 aromatic carbocycles. The van der Waals surface area contributed by atoms with Crippen molar-refractivity contribution < 1.29 is 4.79 Å². The molecule has 0 unspecified atom stereocenters. The first-order valence-electron chi connectivity index (χ1n) is 6.98. The van der Waals surface area contributed by atoms with Crippen LogP contribution in [0.4, 0.5) is 0 Å². The fraction of sp³-hybridized carbons (Fsp3) is 0.438. The lowest BCUT2D eigenvalue weighted by Crippen LogP contribution is -2.40. The Morgan fingerprint density at radius 1 is 1.21 bits per heavy atom. The molecule has 0 radical (unpaired) electrons. The molecule has 1 fully saturated rings. The average Bonchev–Trinajstić information content (AvgIpc) is 2.95. The lowest BCUT2D eigenvalue weighted by Gasteiger charge is -2.34. The number of Topliss-reactive ketones (excluding diaryl/α,β-unsaturated/α-hetero) is 1. The lowest BCUT2D eigenvalue weighted by atomic mass is 9.69. The molecule has 2 nitrogen and oxygen atoms in total. The molecule has 1 aromatic heterocycles. The van der Waals surface area contributed by atoms with Crippen LogP contribution in [0.15, 0.2) is 29.6 Å². The van der Waals surface area contributed by atoms with Gasteiger partial charge in [-0.3, -0.25) is 4.79 Å². The maximum absolute atomic E-state index is 13.0. The van der Waals surface area contributed by atoms with Crippen LogP contribution >= 0.6 is 11.3 Å². The summed E-state index contributed by atoms with van der Waals surface area (Å²) in [5.74, 6) is 0.266. The molecule has 19 heavy (non-hydrogen) atoms. The van der Waals surface area contributed by atoms with Crippen LogP contribution in [0.1, 0.15) is 42.5 Å². The van der Waals surface area contributed by atoms with E-state index in [0.717, 1.165) is 35.9 Å². The number of hydrogen-bond donors (Lipinski definition) is 1. The van der Waals surface area contributed by atoms with Crippen LogP contribution in [-0.4, -0.2) is 12.3 Å². The van der Waals surface area contributed by atoms with Crippen LogP contribution in [0.3, 0.4) is 0 Å². The zero-order valence-electron chi connectivity index (χ0n) is 11.0. The zero-order chi connectivity index (χ0) is 13.3. The van der Waals surface area contributed by atoms with E-state index in [1.807, 2.05) is 12.1 Å². The molecule has 2 N–H and O–H groups in total. The van der Waals surface area contributed by atoms with Gasteiger partial charge in [-0.1, -0.05) is 31.4 Å². The van der Waals surface area contributed by atoms with Gasteiger partial charge in [0.25, 0.3) is 0 Å². The van der Waals surface area contributed by atoms with E-state index in [1.165, 1.54) is 11.8 Å². The van der Waals surface area contributed by atoms with Gasteiger partial charge in [0.05, 0.1) is 0 Å². The Morgan fingerprint density at radius 2 is 2.00 bits per heavy atom. The smallest absolute Gasteiger partial charge is 0.171 e. The maximum Gasteiger partial charge on any atom is 0.171 e. The summed E-state index contributed by atoms with van der Waals surface area (Å²) in [6.07, 6.45) is 5.39. The highest BCUT2D eigenvalue weighted by Gasteiger charge is 2.39. The summed E-state index contributed by atoms with van der Waals surface area (Å²) in [4.78, 5) is 13.0. The standard InChI is InChI=1S/C16H19NOS/c17-11-16(8-2-1-3-9-16)15(18)13-6-4-5-12-7-10-19-14(12)13/h4-7,10H,1-3,8-9,11,17H2. The van der Waals surface area contributed by atoms with Crippen LogP contribution in [0.5, 0.6) is 0 Å². The minimum absolute atomic E-state index is 0.266. The van der Waals surface area contributed by atoms with Crippen LogP contribution < -0.4 is 5.73 Å². The molecule has 0 atom stereocenters. The third-order valence-electron chi connectivity index (χ3n) is 4.41. The molecule has 0 bridgehead atoms. The van der Waals surface area contributed by atoms with Gasteiger partial charge >= 0.3 is 0 Å². The average molecular weight is 273 g/mol. The van der Waals surface area contributed by atoms with E-state index in [4.69, 9.17) is 5.73 Å². The quantitative estimate of drug-likeness (QED) is 0.859. The van der Waals surface area contributed by atoms with Gasteiger partial charge in [0.15, 0.2) is 5.78 Å². The van der Waals surface area contributed by atoms with Crippen molar-refractivity contribution in [3.05, 3.63) is 35.2 Å². The first-order valence-corrected chi connectivity index (χ1v) is 7.86. The van der Waals surface area contributed by atoms with Crippen molar-refractivity contribution in [2.75, 3.05) is 6.54 Å². The van der Waals surface area contributed by atoms with Crippen molar-refractivity contribution in [2.24, 2.45) is 11.1 Å². The molecule has 2 aromatic rings. The Hall–Kier alpha value is -1.19. The number of ketones is 1. The number of nitrogens with two attached hydrogens (primary N) is 1. The van der Waals surface area contributed by atoms with Gasteiger partial charge in [-0.15, -0.1) is 11.3 Å². The summed E-state index contributed by atoms with van der Waals surface area (Å²) in [6, 6.07) is 8.09. The molecule has 0 saturated heterocycles. The Bertz CT molecular complexity index is 596. The number of carbonyl (C=O) groups excluding carboxylic acids is 1.